The van der Waals surface area contributed by atoms with Crippen LogP contribution in [-0.2, 0) is 9.59 Å². The van der Waals surface area contributed by atoms with Crippen LogP contribution in [-0.4, -0.2) is 41.1 Å². The number of hydrogen-bond acceptors (Lipinski definition) is 5. The van der Waals surface area contributed by atoms with Gasteiger partial charge in [0, 0.05) is 28.4 Å². The second kappa shape index (κ2) is 9.18. The number of carbonyl (C=O) groups excluding carboxylic acids is 2. The Bertz CT molecular complexity index is 1170. The molecule has 2 aliphatic heterocycles. The monoisotopic (exact) mass is 447 g/mol. The molecule has 2 aliphatic rings. The molecule has 4 N–H and O–H groups in total. The van der Waals surface area contributed by atoms with Gasteiger partial charge in [-0.05, 0) is 62.2 Å². The average Bonchev–Trinajstić information content (AvgIpc) is 3.24. The first-order valence-corrected chi connectivity index (χ1v) is 11.7. The van der Waals surface area contributed by atoms with Gasteiger partial charge in [0.25, 0.3) is 5.91 Å². The van der Waals surface area contributed by atoms with Gasteiger partial charge < -0.3 is 16.0 Å². The molecule has 2 aromatic carbocycles. The topological polar surface area (TPSA) is 98.9 Å². The van der Waals surface area contributed by atoms with Crippen molar-refractivity contribution in [2.75, 3.05) is 18.4 Å². The first-order valence-electron chi connectivity index (χ1n) is 10.9. The van der Waals surface area contributed by atoms with E-state index in [1.807, 2.05) is 54.6 Å². The predicted molar refractivity (Wildman–Crippen MR) is 127 cm³/mol. The maximum Gasteiger partial charge on any atom is 0.258 e. The number of hydrogen-bond donors (Lipinski definition) is 4. The predicted octanol–water partition coefficient (Wildman–Crippen LogP) is 3.52. The summed E-state index contributed by atoms with van der Waals surface area (Å²) >= 11 is 1.45. The highest BCUT2D eigenvalue weighted by Crippen LogP contribution is 2.40. The molecule has 0 bridgehead atoms. The van der Waals surface area contributed by atoms with Gasteiger partial charge in [0.15, 0.2) is 0 Å². The fraction of sp³-hybridized carbons (Fsp3) is 0.292. The Morgan fingerprint density at radius 1 is 1.09 bits per heavy atom. The number of rotatable bonds is 6. The van der Waals surface area contributed by atoms with Crippen LogP contribution in [0.25, 0.3) is 17.0 Å². The molecule has 1 fully saturated rings. The maximum absolute atomic E-state index is 13.3. The molecule has 5 rings (SSSR count). The van der Waals surface area contributed by atoms with Gasteiger partial charge >= 0.3 is 0 Å². The molecule has 3 aromatic rings. The fourth-order valence-electron chi connectivity index (χ4n) is 4.39. The molecule has 1 unspecified atom stereocenters. The number of benzene rings is 2. The Morgan fingerprint density at radius 2 is 1.91 bits per heavy atom. The van der Waals surface area contributed by atoms with Crippen molar-refractivity contribution in [2.24, 2.45) is 5.92 Å². The largest absolute Gasteiger partial charge is 0.348 e. The summed E-state index contributed by atoms with van der Waals surface area (Å²) in [6.45, 7) is 1.79. The second-order valence-electron chi connectivity index (χ2n) is 8.18. The van der Waals surface area contributed by atoms with E-state index in [0.29, 0.717) is 4.91 Å². The highest BCUT2D eigenvalue weighted by Gasteiger charge is 2.29. The van der Waals surface area contributed by atoms with Crippen LogP contribution in [0.4, 0.5) is 5.69 Å². The number of H-pyrrole nitrogens is 1. The van der Waals surface area contributed by atoms with E-state index in [-0.39, 0.29) is 30.2 Å². The lowest BCUT2D eigenvalue weighted by Crippen LogP contribution is -2.46. The van der Waals surface area contributed by atoms with Gasteiger partial charge in [-0.15, -0.1) is 0 Å². The van der Waals surface area contributed by atoms with Crippen LogP contribution in [0.1, 0.15) is 25.0 Å². The number of para-hydroxylation sites is 1. The Kier molecular flexibility index (Phi) is 5.96. The number of piperidine rings is 1. The van der Waals surface area contributed by atoms with Gasteiger partial charge in [-0.2, -0.15) is 5.10 Å². The summed E-state index contributed by atoms with van der Waals surface area (Å²) in [6.07, 6.45) is 3.93. The first-order chi connectivity index (χ1) is 15.7. The molecule has 3 heterocycles. The molecule has 32 heavy (non-hydrogen) atoms. The van der Waals surface area contributed by atoms with Gasteiger partial charge in [-0.3, -0.25) is 14.7 Å². The van der Waals surface area contributed by atoms with E-state index in [9.17, 15) is 9.59 Å². The van der Waals surface area contributed by atoms with Gasteiger partial charge in [-0.25, -0.2) is 0 Å². The van der Waals surface area contributed by atoms with E-state index in [2.05, 4.69) is 26.1 Å². The molecule has 0 radical (unpaired) electrons. The van der Waals surface area contributed by atoms with Crippen LogP contribution in [0.5, 0.6) is 0 Å². The van der Waals surface area contributed by atoms with Gasteiger partial charge in [-0.1, -0.05) is 36.0 Å². The smallest absolute Gasteiger partial charge is 0.258 e. The first kappa shape index (κ1) is 20.8. The SMILES string of the molecule is O=C(CC(NC(=O)C1=Cc2n[nH]c3cccc(c23)S1)C1CCNCC1)Nc1ccccc1. The summed E-state index contributed by atoms with van der Waals surface area (Å²) in [4.78, 5) is 27.6. The minimum atomic E-state index is -0.230. The standard InChI is InChI=1S/C24H25N5O2S/c30-22(26-16-5-2-1-3-6-16)14-18(15-9-11-25-12-10-15)27-24(31)21-13-19-23-17(28-29-19)7-4-8-20(23)32-21/h1-8,13,15,18,25H,9-12,14H2,(H,26,30)(H,27,31)(H,28,29). The molecule has 164 valence electrons. The number of aromatic amines is 1. The minimum absolute atomic E-state index is 0.0929. The normalized spacial score (nSPS) is 16.9. The highest BCUT2D eigenvalue weighted by molar-refractivity contribution is 8.04. The van der Waals surface area contributed by atoms with Crippen molar-refractivity contribution in [3.63, 3.8) is 0 Å². The number of carbonyl (C=O) groups is 2. The third kappa shape index (κ3) is 4.42. The van der Waals surface area contributed by atoms with E-state index in [0.717, 1.165) is 53.1 Å². The molecule has 7 nitrogen and oxygen atoms in total. The zero-order valence-corrected chi connectivity index (χ0v) is 18.4. The fourth-order valence-corrected chi connectivity index (χ4v) is 5.42. The van der Waals surface area contributed by atoms with Crippen molar-refractivity contribution < 1.29 is 9.59 Å². The van der Waals surface area contributed by atoms with Crippen molar-refractivity contribution in [2.45, 2.75) is 30.2 Å². The molecule has 1 atom stereocenters. The molecular weight excluding hydrogens is 422 g/mol. The van der Waals surface area contributed by atoms with Crippen LogP contribution in [0.3, 0.4) is 0 Å². The highest BCUT2D eigenvalue weighted by atomic mass is 32.2. The Labute approximate surface area is 190 Å². The molecule has 2 amide bonds. The summed E-state index contributed by atoms with van der Waals surface area (Å²) in [5.41, 5.74) is 2.50. The van der Waals surface area contributed by atoms with Crippen molar-refractivity contribution in [3.8, 4) is 0 Å². The van der Waals surface area contributed by atoms with Gasteiger partial charge in [0.2, 0.25) is 5.91 Å². The lowest BCUT2D eigenvalue weighted by Gasteiger charge is -2.31. The zero-order valence-electron chi connectivity index (χ0n) is 17.6. The summed E-state index contributed by atoms with van der Waals surface area (Å²) in [5, 5.41) is 17.9. The summed E-state index contributed by atoms with van der Waals surface area (Å²) in [7, 11) is 0. The Hall–Kier alpha value is -3.10. The summed E-state index contributed by atoms with van der Waals surface area (Å²) < 4.78 is 0. The quantitative estimate of drug-likeness (QED) is 0.463. The molecule has 1 aromatic heterocycles. The van der Waals surface area contributed by atoms with Crippen molar-refractivity contribution >= 4 is 46.2 Å². The molecule has 0 spiro atoms. The number of thioether (sulfide) groups is 1. The summed E-state index contributed by atoms with van der Waals surface area (Å²) in [6, 6.07) is 15.1. The lowest BCUT2D eigenvalue weighted by atomic mass is 9.88. The van der Waals surface area contributed by atoms with E-state index in [1.165, 1.54) is 11.8 Å². The number of anilines is 1. The van der Waals surface area contributed by atoms with Gasteiger partial charge in [0.1, 0.15) is 0 Å². The summed E-state index contributed by atoms with van der Waals surface area (Å²) in [5.74, 6) is 0.00153. The van der Waals surface area contributed by atoms with Crippen LogP contribution in [0.15, 0.2) is 58.3 Å². The Morgan fingerprint density at radius 3 is 2.72 bits per heavy atom. The minimum Gasteiger partial charge on any atom is -0.348 e. The average molecular weight is 448 g/mol. The molecule has 0 aliphatic carbocycles. The molecule has 1 saturated heterocycles. The van der Waals surface area contributed by atoms with E-state index < -0.39 is 0 Å². The van der Waals surface area contributed by atoms with Crippen molar-refractivity contribution in [1.29, 1.82) is 0 Å². The second-order valence-corrected chi connectivity index (χ2v) is 9.27. The Balaban J connectivity index is 1.32. The number of amides is 2. The van der Waals surface area contributed by atoms with Crippen LogP contribution < -0.4 is 16.0 Å². The zero-order chi connectivity index (χ0) is 21.9. The van der Waals surface area contributed by atoms with Crippen molar-refractivity contribution in [1.82, 2.24) is 20.8 Å². The third-order valence-electron chi connectivity index (χ3n) is 6.02. The number of aromatic nitrogens is 2. The van der Waals surface area contributed by atoms with E-state index in [1.54, 1.807) is 0 Å². The van der Waals surface area contributed by atoms with Crippen molar-refractivity contribution in [3.05, 3.63) is 59.1 Å². The third-order valence-corrected chi connectivity index (χ3v) is 7.11. The molecule has 8 heteroatoms. The van der Waals surface area contributed by atoms with E-state index >= 15 is 0 Å². The lowest BCUT2D eigenvalue weighted by molar-refractivity contribution is -0.119. The van der Waals surface area contributed by atoms with Crippen LogP contribution >= 0.6 is 11.8 Å². The van der Waals surface area contributed by atoms with Crippen LogP contribution in [0, 0.1) is 5.92 Å². The molecule has 0 saturated carbocycles. The number of nitrogens with one attached hydrogen (secondary N) is 4. The maximum atomic E-state index is 13.3. The molecular formula is C24H25N5O2S. The van der Waals surface area contributed by atoms with E-state index in [4.69, 9.17) is 0 Å². The number of nitrogens with zero attached hydrogens (tertiary/aromatic N) is 1. The van der Waals surface area contributed by atoms with Gasteiger partial charge in [0.05, 0.1) is 16.1 Å². The van der Waals surface area contributed by atoms with Crippen LogP contribution in [0.2, 0.25) is 0 Å².